The fourth-order valence-electron chi connectivity index (χ4n) is 3.26. The number of carbonyl (C=O) groups excluding carboxylic acids is 1. The van der Waals surface area contributed by atoms with Crippen LogP contribution < -0.4 is 5.32 Å². The number of nitrogens with one attached hydrogen (secondary N) is 1. The minimum atomic E-state index is -3.46. The summed E-state index contributed by atoms with van der Waals surface area (Å²) >= 11 is 8.76. The lowest BCUT2D eigenvalue weighted by Gasteiger charge is -2.29. The van der Waals surface area contributed by atoms with Gasteiger partial charge in [0.2, 0.25) is 5.91 Å². The Bertz CT molecular complexity index is 1120. The number of amides is 1. The maximum Gasteiger partial charge on any atom is 0.252 e. The van der Waals surface area contributed by atoms with Crippen LogP contribution in [-0.4, -0.2) is 36.7 Å². The zero-order valence-corrected chi connectivity index (χ0v) is 18.2. The molecule has 6 nitrogen and oxygen atoms in total. The number of hydrogen-bond acceptors (Lipinski definition) is 6. The van der Waals surface area contributed by atoms with E-state index in [9.17, 15) is 13.2 Å². The fraction of sp³-hybridized carbons (Fsp3) is 0.333. The molecule has 0 radical (unpaired) electrons. The number of aryl methyl sites for hydroxylation is 1. The number of halogens is 1. The van der Waals surface area contributed by atoms with Crippen molar-refractivity contribution >= 4 is 65.6 Å². The highest BCUT2D eigenvalue weighted by Crippen LogP contribution is 2.32. The van der Waals surface area contributed by atoms with Crippen LogP contribution in [0.5, 0.6) is 0 Å². The number of anilines is 1. The van der Waals surface area contributed by atoms with Crippen molar-refractivity contribution in [1.29, 1.82) is 0 Å². The Morgan fingerprint density at radius 2 is 2.04 bits per heavy atom. The highest BCUT2D eigenvalue weighted by molar-refractivity contribution is 7.91. The molecular formula is C18H18ClN3O3S3. The number of thiophene rings is 1. The topological polar surface area (TPSA) is 79.4 Å². The number of benzene rings is 1. The maximum absolute atomic E-state index is 12.6. The standard InChI is InChI=1S/C18H18ClN3O3S3/c1-11-13(19)4-5-14-16(11)20-18(27-14)21-17(23)12-6-8-22(9-7-12)28(24,25)15-3-2-10-26-15/h2-5,10,12H,6-9H2,1H3,(H,20,21,23). The second-order valence-corrected chi connectivity index (χ2v) is 11.2. The lowest BCUT2D eigenvalue weighted by Crippen LogP contribution is -2.41. The minimum absolute atomic E-state index is 0.115. The predicted octanol–water partition coefficient (Wildman–Crippen LogP) is 4.36. The van der Waals surface area contributed by atoms with Crippen molar-refractivity contribution in [3.05, 3.63) is 40.2 Å². The third-order valence-electron chi connectivity index (χ3n) is 4.89. The van der Waals surface area contributed by atoms with Crippen LogP contribution >= 0.6 is 34.3 Å². The van der Waals surface area contributed by atoms with E-state index in [0.717, 1.165) is 15.8 Å². The summed E-state index contributed by atoms with van der Waals surface area (Å²) in [6.45, 7) is 2.58. The molecule has 1 fully saturated rings. The highest BCUT2D eigenvalue weighted by atomic mass is 35.5. The van der Waals surface area contributed by atoms with Crippen LogP contribution in [0.3, 0.4) is 0 Å². The van der Waals surface area contributed by atoms with E-state index < -0.39 is 10.0 Å². The van der Waals surface area contributed by atoms with Gasteiger partial charge in [0.05, 0.1) is 10.2 Å². The summed E-state index contributed by atoms with van der Waals surface area (Å²) in [6.07, 6.45) is 0.985. The molecule has 0 atom stereocenters. The second kappa shape index (κ2) is 7.72. The summed E-state index contributed by atoms with van der Waals surface area (Å²) in [6, 6.07) is 7.06. The molecule has 3 aromatic rings. The molecule has 10 heteroatoms. The number of rotatable bonds is 4. The van der Waals surface area contributed by atoms with Crippen LogP contribution in [0.4, 0.5) is 5.13 Å². The average Bonchev–Trinajstić information content (AvgIpc) is 3.35. The number of fused-ring (bicyclic) bond motifs is 1. The molecule has 0 unspecified atom stereocenters. The van der Waals surface area contributed by atoms with Gasteiger partial charge < -0.3 is 5.32 Å². The molecule has 1 aromatic carbocycles. The Labute approximate surface area is 176 Å². The van der Waals surface area contributed by atoms with Gasteiger partial charge in [-0.2, -0.15) is 4.31 Å². The first-order valence-corrected chi connectivity index (χ1v) is 12.3. The molecule has 1 aliphatic rings. The van der Waals surface area contributed by atoms with E-state index in [-0.39, 0.29) is 11.8 Å². The van der Waals surface area contributed by atoms with Crippen LogP contribution in [0.2, 0.25) is 5.02 Å². The van der Waals surface area contributed by atoms with Crippen molar-refractivity contribution in [1.82, 2.24) is 9.29 Å². The second-order valence-electron chi connectivity index (χ2n) is 6.64. The van der Waals surface area contributed by atoms with Gasteiger partial charge >= 0.3 is 0 Å². The molecule has 1 N–H and O–H groups in total. The molecule has 28 heavy (non-hydrogen) atoms. The molecule has 0 bridgehead atoms. The molecule has 1 aliphatic heterocycles. The number of aromatic nitrogens is 1. The predicted molar refractivity (Wildman–Crippen MR) is 114 cm³/mol. The Kier molecular flexibility index (Phi) is 5.45. The van der Waals surface area contributed by atoms with Crippen molar-refractivity contribution in [3.8, 4) is 0 Å². The van der Waals surface area contributed by atoms with Gasteiger partial charge in [-0.25, -0.2) is 13.4 Å². The first-order valence-electron chi connectivity index (χ1n) is 8.76. The van der Waals surface area contributed by atoms with Gasteiger partial charge in [-0.05, 0) is 48.9 Å². The van der Waals surface area contributed by atoms with E-state index >= 15 is 0 Å². The zero-order chi connectivity index (χ0) is 19.9. The quantitative estimate of drug-likeness (QED) is 0.633. The summed E-state index contributed by atoms with van der Waals surface area (Å²) in [5.41, 5.74) is 1.69. The first kappa shape index (κ1) is 19.8. The van der Waals surface area contributed by atoms with E-state index in [1.807, 2.05) is 19.1 Å². The van der Waals surface area contributed by atoms with Crippen molar-refractivity contribution in [2.75, 3.05) is 18.4 Å². The molecule has 1 amide bonds. The van der Waals surface area contributed by atoms with Gasteiger partial charge in [-0.15, -0.1) is 11.3 Å². The van der Waals surface area contributed by atoms with Crippen LogP contribution in [-0.2, 0) is 14.8 Å². The Balaban J connectivity index is 1.41. The molecule has 4 rings (SSSR count). The smallest absolute Gasteiger partial charge is 0.252 e. The van der Waals surface area contributed by atoms with E-state index in [2.05, 4.69) is 10.3 Å². The van der Waals surface area contributed by atoms with Gasteiger partial charge in [-0.3, -0.25) is 4.79 Å². The third kappa shape index (κ3) is 3.69. The number of nitrogens with zero attached hydrogens (tertiary/aromatic N) is 2. The van der Waals surface area contributed by atoms with Crippen LogP contribution in [0.15, 0.2) is 33.9 Å². The molecule has 2 aromatic heterocycles. The molecule has 0 spiro atoms. The maximum atomic E-state index is 12.6. The Morgan fingerprint density at radius 3 is 2.71 bits per heavy atom. The van der Waals surface area contributed by atoms with Crippen molar-refractivity contribution < 1.29 is 13.2 Å². The number of hydrogen-bond donors (Lipinski definition) is 1. The number of sulfonamides is 1. The van der Waals surface area contributed by atoms with E-state index in [1.165, 1.54) is 27.0 Å². The number of thiazole rings is 1. The van der Waals surface area contributed by atoms with Crippen LogP contribution in [0, 0.1) is 12.8 Å². The summed E-state index contributed by atoms with van der Waals surface area (Å²) < 4.78 is 28.0. The van der Waals surface area contributed by atoms with Gasteiger partial charge in [0, 0.05) is 24.0 Å². The van der Waals surface area contributed by atoms with Crippen molar-refractivity contribution in [3.63, 3.8) is 0 Å². The summed E-state index contributed by atoms with van der Waals surface area (Å²) in [5.74, 6) is -0.345. The molecule has 3 heterocycles. The summed E-state index contributed by atoms with van der Waals surface area (Å²) in [7, 11) is -3.46. The molecule has 0 aliphatic carbocycles. The molecule has 0 saturated carbocycles. The van der Waals surface area contributed by atoms with E-state index in [1.54, 1.807) is 17.5 Å². The highest BCUT2D eigenvalue weighted by Gasteiger charge is 2.32. The molecular weight excluding hydrogens is 438 g/mol. The molecule has 1 saturated heterocycles. The lowest BCUT2D eigenvalue weighted by atomic mass is 9.97. The number of piperidine rings is 1. The van der Waals surface area contributed by atoms with Crippen LogP contribution in [0.25, 0.3) is 10.2 Å². The van der Waals surface area contributed by atoms with Gasteiger partial charge in [0.15, 0.2) is 5.13 Å². The Hall–Kier alpha value is -1.52. The Morgan fingerprint density at radius 1 is 1.29 bits per heavy atom. The van der Waals surface area contributed by atoms with E-state index in [4.69, 9.17) is 11.6 Å². The average molecular weight is 456 g/mol. The molecule has 148 valence electrons. The zero-order valence-electron chi connectivity index (χ0n) is 15.0. The first-order chi connectivity index (χ1) is 13.4. The largest absolute Gasteiger partial charge is 0.302 e. The van der Waals surface area contributed by atoms with Gasteiger partial charge in [-0.1, -0.05) is 29.0 Å². The summed E-state index contributed by atoms with van der Waals surface area (Å²) in [4.78, 5) is 17.1. The van der Waals surface area contributed by atoms with Crippen molar-refractivity contribution in [2.24, 2.45) is 5.92 Å². The van der Waals surface area contributed by atoms with Gasteiger partial charge in [0.1, 0.15) is 4.21 Å². The SMILES string of the molecule is Cc1c(Cl)ccc2sc(NC(=O)C3CCN(S(=O)(=O)c4cccs4)CC3)nc12. The normalized spacial score (nSPS) is 16.5. The third-order valence-corrected chi connectivity index (χ3v) is 9.51. The van der Waals surface area contributed by atoms with Crippen LogP contribution in [0.1, 0.15) is 18.4 Å². The lowest BCUT2D eigenvalue weighted by molar-refractivity contribution is -0.120. The van der Waals surface area contributed by atoms with E-state index in [0.29, 0.717) is 40.3 Å². The fourth-order valence-corrected chi connectivity index (χ4v) is 6.95. The summed E-state index contributed by atoms with van der Waals surface area (Å²) in [5, 5.41) is 5.83. The number of carbonyl (C=O) groups is 1. The minimum Gasteiger partial charge on any atom is -0.302 e. The monoisotopic (exact) mass is 455 g/mol. The van der Waals surface area contributed by atoms with Crippen molar-refractivity contribution in [2.45, 2.75) is 24.0 Å². The van der Waals surface area contributed by atoms with Gasteiger partial charge in [0.25, 0.3) is 10.0 Å².